The Morgan fingerprint density at radius 1 is 1.33 bits per heavy atom. The van der Waals surface area contributed by atoms with Gasteiger partial charge in [0.05, 0.1) is 21.4 Å². The van der Waals surface area contributed by atoms with E-state index in [4.69, 9.17) is 0 Å². The lowest BCUT2D eigenvalue weighted by Crippen LogP contribution is -2.27. The standard InChI is InChI=1S/C14H12N4O2S/c19-12-8-16-10(7-17-12)14(20)15-6-5-13-18-9-3-1-2-4-11(9)21-13/h1-4,7-8H,5-6H2,(H,15,20)(H,17,19). The maximum atomic E-state index is 11.8. The first-order valence-electron chi connectivity index (χ1n) is 6.40. The third-order valence-corrected chi connectivity index (χ3v) is 3.96. The van der Waals surface area contributed by atoms with E-state index in [1.54, 1.807) is 11.3 Å². The minimum absolute atomic E-state index is 0.193. The number of hydrogen-bond donors (Lipinski definition) is 2. The predicted molar refractivity (Wildman–Crippen MR) is 80.5 cm³/mol. The van der Waals surface area contributed by atoms with Crippen LogP contribution in [0.2, 0.25) is 0 Å². The third-order valence-electron chi connectivity index (χ3n) is 2.87. The zero-order valence-corrected chi connectivity index (χ0v) is 11.8. The summed E-state index contributed by atoms with van der Waals surface area (Å²) in [6, 6.07) is 7.93. The van der Waals surface area contributed by atoms with Crippen LogP contribution in [0.1, 0.15) is 15.5 Å². The van der Waals surface area contributed by atoms with Crippen LogP contribution in [0.4, 0.5) is 0 Å². The monoisotopic (exact) mass is 300 g/mol. The Labute approximate surface area is 123 Å². The zero-order chi connectivity index (χ0) is 14.7. The highest BCUT2D eigenvalue weighted by atomic mass is 32.1. The molecule has 0 aliphatic rings. The number of fused-ring (bicyclic) bond motifs is 1. The van der Waals surface area contributed by atoms with Crippen molar-refractivity contribution in [2.24, 2.45) is 0 Å². The van der Waals surface area contributed by atoms with Gasteiger partial charge in [-0.1, -0.05) is 12.1 Å². The van der Waals surface area contributed by atoms with Crippen LogP contribution in [-0.4, -0.2) is 27.4 Å². The molecule has 0 saturated carbocycles. The molecule has 21 heavy (non-hydrogen) atoms. The van der Waals surface area contributed by atoms with Crippen molar-refractivity contribution in [2.75, 3.05) is 6.54 Å². The predicted octanol–water partition coefficient (Wildman–Crippen LogP) is 1.35. The number of nitrogens with one attached hydrogen (secondary N) is 2. The van der Waals surface area contributed by atoms with Crippen LogP contribution in [0.25, 0.3) is 10.2 Å². The largest absolute Gasteiger partial charge is 0.350 e. The number of nitrogens with zero attached hydrogens (tertiary/aromatic N) is 2. The van der Waals surface area contributed by atoms with Gasteiger partial charge < -0.3 is 10.3 Å². The number of hydrogen-bond acceptors (Lipinski definition) is 5. The molecule has 0 fully saturated rings. The molecule has 2 heterocycles. The van der Waals surface area contributed by atoms with Gasteiger partial charge in [0.1, 0.15) is 5.69 Å². The second kappa shape index (κ2) is 5.84. The van der Waals surface area contributed by atoms with Crippen LogP contribution in [-0.2, 0) is 6.42 Å². The first-order chi connectivity index (χ1) is 10.2. The van der Waals surface area contributed by atoms with Crippen molar-refractivity contribution in [2.45, 2.75) is 6.42 Å². The number of H-pyrrole nitrogens is 1. The van der Waals surface area contributed by atoms with Gasteiger partial charge in [0.15, 0.2) is 0 Å². The Morgan fingerprint density at radius 3 is 2.95 bits per heavy atom. The molecule has 106 valence electrons. The summed E-state index contributed by atoms with van der Waals surface area (Å²) in [5, 5.41) is 3.73. The number of aromatic nitrogens is 3. The maximum Gasteiger partial charge on any atom is 0.271 e. The molecule has 3 rings (SSSR count). The van der Waals surface area contributed by atoms with Crippen LogP contribution in [0.5, 0.6) is 0 Å². The Balaban J connectivity index is 1.59. The van der Waals surface area contributed by atoms with Crippen LogP contribution < -0.4 is 10.9 Å². The van der Waals surface area contributed by atoms with Crippen LogP contribution >= 0.6 is 11.3 Å². The Hall–Kier alpha value is -2.54. The highest BCUT2D eigenvalue weighted by Crippen LogP contribution is 2.21. The Kier molecular flexibility index (Phi) is 3.74. The van der Waals surface area contributed by atoms with Crippen molar-refractivity contribution in [3.8, 4) is 0 Å². The number of amides is 1. The highest BCUT2D eigenvalue weighted by molar-refractivity contribution is 7.18. The summed E-state index contributed by atoms with van der Waals surface area (Å²) >= 11 is 1.62. The maximum absolute atomic E-state index is 11.8. The summed E-state index contributed by atoms with van der Waals surface area (Å²) in [6.45, 7) is 0.472. The number of aromatic amines is 1. The molecule has 7 heteroatoms. The number of rotatable bonds is 4. The molecule has 1 aromatic carbocycles. The number of carbonyl (C=O) groups excluding carboxylic acids is 1. The summed E-state index contributed by atoms with van der Waals surface area (Å²) in [5.74, 6) is -0.313. The summed E-state index contributed by atoms with van der Waals surface area (Å²) in [7, 11) is 0. The van der Waals surface area contributed by atoms with Crippen LogP contribution in [0.3, 0.4) is 0 Å². The molecule has 0 aliphatic heterocycles. The van der Waals surface area contributed by atoms with Gasteiger partial charge in [0, 0.05) is 19.2 Å². The minimum atomic E-state index is -0.332. The molecular formula is C14H12N4O2S. The summed E-state index contributed by atoms with van der Waals surface area (Å²) in [4.78, 5) is 33.4. The van der Waals surface area contributed by atoms with E-state index in [9.17, 15) is 9.59 Å². The average Bonchev–Trinajstić information content (AvgIpc) is 2.90. The van der Waals surface area contributed by atoms with Crippen molar-refractivity contribution in [3.63, 3.8) is 0 Å². The van der Waals surface area contributed by atoms with Crippen LogP contribution in [0.15, 0.2) is 41.5 Å². The van der Waals surface area contributed by atoms with E-state index in [1.807, 2.05) is 24.3 Å². The summed E-state index contributed by atoms with van der Waals surface area (Å²) in [5.41, 5.74) is 0.839. The summed E-state index contributed by atoms with van der Waals surface area (Å²) in [6.07, 6.45) is 3.05. The van der Waals surface area contributed by atoms with E-state index in [0.29, 0.717) is 13.0 Å². The molecule has 2 N–H and O–H groups in total. The van der Waals surface area contributed by atoms with Gasteiger partial charge in [-0.25, -0.2) is 9.97 Å². The van der Waals surface area contributed by atoms with E-state index < -0.39 is 0 Å². The molecule has 6 nitrogen and oxygen atoms in total. The molecule has 0 unspecified atom stereocenters. The topological polar surface area (TPSA) is 87.7 Å². The molecule has 0 spiro atoms. The molecule has 3 aromatic rings. The van der Waals surface area contributed by atoms with E-state index in [0.717, 1.165) is 21.4 Å². The quantitative estimate of drug-likeness (QED) is 0.761. The molecule has 0 saturated heterocycles. The van der Waals surface area contributed by atoms with Gasteiger partial charge in [0.2, 0.25) is 0 Å². The molecule has 1 amide bonds. The number of thiazole rings is 1. The van der Waals surface area contributed by atoms with Gasteiger partial charge in [-0.05, 0) is 12.1 Å². The van der Waals surface area contributed by atoms with Gasteiger partial charge >= 0.3 is 0 Å². The molecule has 0 atom stereocenters. The van der Waals surface area contributed by atoms with Crippen molar-refractivity contribution >= 4 is 27.5 Å². The van der Waals surface area contributed by atoms with E-state index in [-0.39, 0.29) is 17.2 Å². The molecular weight excluding hydrogens is 288 g/mol. The second-order valence-corrected chi connectivity index (χ2v) is 5.49. The second-order valence-electron chi connectivity index (χ2n) is 4.38. The fourth-order valence-electron chi connectivity index (χ4n) is 1.87. The number of carbonyl (C=O) groups is 1. The molecule has 0 aliphatic carbocycles. The van der Waals surface area contributed by atoms with Crippen LogP contribution in [0, 0.1) is 0 Å². The fourth-order valence-corrected chi connectivity index (χ4v) is 2.83. The zero-order valence-electron chi connectivity index (χ0n) is 11.0. The first kappa shape index (κ1) is 13.4. The lowest BCUT2D eigenvalue weighted by Gasteiger charge is -2.02. The van der Waals surface area contributed by atoms with Crippen molar-refractivity contribution in [1.82, 2.24) is 20.3 Å². The third kappa shape index (κ3) is 3.14. The normalized spacial score (nSPS) is 10.7. The lowest BCUT2D eigenvalue weighted by molar-refractivity contribution is 0.0948. The van der Waals surface area contributed by atoms with Crippen molar-refractivity contribution in [1.29, 1.82) is 0 Å². The SMILES string of the molecule is O=C(NCCc1nc2ccccc2s1)c1c[nH]c(=O)cn1. The number of para-hydroxylation sites is 1. The van der Waals surface area contributed by atoms with Gasteiger partial charge in [-0.15, -0.1) is 11.3 Å². The van der Waals surface area contributed by atoms with Crippen molar-refractivity contribution in [3.05, 3.63) is 57.7 Å². The van der Waals surface area contributed by atoms with E-state index in [2.05, 4.69) is 20.3 Å². The lowest BCUT2D eigenvalue weighted by atomic mass is 10.3. The first-order valence-corrected chi connectivity index (χ1v) is 7.21. The molecule has 2 aromatic heterocycles. The molecule has 0 bridgehead atoms. The number of benzene rings is 1. The van der Waals surface area contributed by atoms with Crippen molar-refractivity contribution < 1.29 is 4.79 Å². The smallest absolute Gasteiger partial charge is 0.271 e. The van der Waals surface area contributed by atoms with Gasteiger partial charge in [-0.2, -0.15) is 0 Å². The van der Waals surface area contributed by atoms with E-state index >= 15 is 0 Å². The summed E-state index contributed by atoms with van der Waals surface area (Å²) < 4.78 is 1.14. The molecule has 0 radical (unpaired) electrons. The van der Waals surface area contributed by atoms with E-state index in [1.165, 1.54) is 6.20 Å². The Morgan fingerprint density at radius 2 is 2.19 bits per heavy atom. The highest BCUT2D eigenvalue weighted by Gasteiger charge is 2.07. The van der Waals surface area contributed by atoms with Gasteiger partial charge in [-0.3, -0.25) is 9.59 Å². The van der Waals surface area contributed by atoms with Gasteiger partial charge in [0.25, 0.3) is 11.5 Å². The fraction of sp³-hybridized carbons (Fsp3) is 0.143. The average molecular weight is 300 g/mol. The Bertz CT molecular complexity index is 787. The minimum Gasteiger partial charge on any atom is -0.350 e.